The molecule has 0 bridgehead atoms. The zero-order valence-corrected chi connectivity index (χ0v) is 53.3. The maximum atomic E-state index is 2.82. The first-order valence-corrected chi connectivity index (χ1v) is 31.0. The first-order chi connectivity index (χ1) is 36.4. The van der Waals surface area contributed by atoms with Crippen molar-refractivity contribution in [3.8, 4) is 11.1 Å². The molecule has 6 aromatic carbocycles. The van der Waals surface area contributed by atoms with Gasteiger partial charge in [0.25, 0.3) is 6.71 Å². The van der Waals surface area contributed by atoms with Gasteiger partial charge in [-0.25, -0.2) is 0 Å². The van der Waals surface area contributed by atoms with Gasteiger partial charge in [0.1, 0.15) is 0 Å². The summed E-state index contributed by atoms with van der Waals surface area (Å²) in [5.74, 6) is 0. The Morgan fingerprint density at radius 1 is 0.329 bits per heavy atom. The highest BCUT2D eigenvalue weighted by Gasteiger charge is 2.51. The third-order valence-electron chi connectivity index (χ3n) is 22.2. The van der Waals surface area contributed by atoms with E-state index in [4.69, 9.17) is 0 Å². The van der Waals surface area contributed by atoms with Crippen LogP contribution in [0.3, 0.4) is 0 Å². The van der Waals surface area contributed by atoms with Crippen molar-refractivity contribution < 1.29 is 0 Å². The Balaban J connectivity index is 1.30. The minimum absolute atomic E-state index is 0.0104. The van der Waals surface area contributed by atoms with Gasteiger partial charge in [-0.05, 0) is 237 Å². The molecule has 0 fully saturated rings. The topological polar surface area (TPSA) is 6.48 Å². The maximum absolute atomic E-state index is 2.82. The van der Waals surface area contributed by atoms with Crippen molar-refractivity contribution in [2.75, 3.05) is 9.80 Å². The Morgan fingerprint density at radius 2 is 0.722 bits per heavy atom. The van der Waals surface area contributed by atoms with E-state index in [1.165, 1.54) is 134 Å². The summed E-state index contributed by atoms with van der Waals surface area (Å²) >= 11 is 0. The van der Waals surface area contributed by atoms with Crippen molar-refractivity contribution in [3.63, 3.8) is 0 Å². The summed E-state index contributed by atoms with van der Waals surface area (Å²) in [7, 11) is 0. The van der Waals surface area contributed by atoms with Crippen LogP contribution in [0.25, 0.3) is 11.1 Å². The minimum Gasteiger partial charge on any atom is -0.311 e. The highest BCUT2D eigenvalue weighted by atomic mass is 15.2. The van der Waals surface area contributed by atoms with Crippen LogP contribution in [0.1, 0.15) is 259 Å². The van der Waals surface area contributed by atoms with Crippen LogP contribution in [0.2, 0.25) is 0 Å². The average molecular weight is 1050 g/mol. The summed E-state index contributed by atoms with van der Waals surface area (Å²) in [6, 6.07) is 38.7. The fourth-order valence-electron chi connectivity index (χ4n) is 16.3. The van der Waals surface area contributed by atoms with Crippen LogP contribution in [0.4, 0.5) is 34.1 Å². The van der Waals surface area contributed by atoms with Crippen molar-refractivity contribution in [2.24, 2.45) is 0 Å². The Hall–Kier alpha value is -5.02. The summed E-state index contributed by atoms with van der Waals surface area (Å²) in [6.07, 6.45) is 9.42. The predicted octanol–water partition coefficient (Wildman–Crippen LogP) is 19.4. The van der Waals surface area contributed by atoms with E-state index in [0.717, 1.165) is 12.8 Å². The molecule has 6 aliphatic rings. The van der Waals surface area contributed by atoms with Crippen molar-refractivity contribution in [2.45, 2.75) is 258 Å². The molecule has 0 saturated carbocycles. The number of anilines is 6. The molecule has 0 spiro atoms. The Bertz CT molecular complexity index is 3480. The second kappa shape index (κ2) is 16.8. The van der Waals surface area contributed by atoms with Crippen LogP contribution >= 0.6 is 0 Å². The van der Waals surface area contributed by atoms with E-state index in [0.29, 0.717) is 0 Å². The number of hydrogen-bond donors (Lipinski definition) is 0. The van der Waals surface area contributed by atoms with Crippen LogP contribution in [-0.2, 0) is 54.1 Å². The normalized spacial score (nSPS) is 21.9. The van der Waals surface area contributed by atoms with Gasteiger partial charge >= 0.3 is 0 Å². The van der Waals surface area contributed by atoms with Crippen LogP contribution in [0.15, 0.2) is 91.0 Å². The number of rotatable bonds is 3. The Kier molecular flexibility index (Phi) is 11.6. The lowest BCUT2D eigenvalue weighted by atomic mass is 9.33. The number of benzene rings is 6. The molecule has 0 saturated heterocycles. The quantitative estimate of drug-likeness (QED) is 0.163. The zero-order chi connectivity index (χ0) is 57.1. The van der Waals surface area contributed by atoms with Crippen molar-refractivity contribution in [1.29, 1.82) is 0 Å². The highest BCUT2D eigenvalue weighted by molar-refractivity contribution is 7.00. The van der Waals surface area contributed by atoms with Gasteiger partial charge in [-0.2, -0.15) is 0 Å². The molecule has 0 unspecified atom stereocenters. The van der Waals surface area contributed by atoms with Gasteiger partial charge in [0.2, 0.25) is 0 Å². The first-order valence-electron chi connectivity index (χ1n) is 31.0. The summed E-state index contributed by atoms with van der Waals surface area (Å²) in [5, 5.41) is 0. The maximum Gasteiger partial charge on any atom is 0.252 e. The smallest absolute Gasteiger partial charge is 0.252 e. The van der Waals surface area contributed by atoms with Gasteiger partial charge in [-0.15, -0.1) is 0 Å². The summed E-state index contributed by atoms with van der Waals surface area (Å²) in [4.78, 5) is 5.53. The van der Waals surface area contributed by atoms with Crippen LogP contribution in [-0.4, -0.2) is 6.71 Å². The summed E-state index contributed by atoms with van der Waals surface area (Å²) < 4.78 is 0. The fraction of sp³-hybridized carbons (Fsp3) is 0.526. The van der Waals surface area contributed by atoms with Crippen molar-refractivity contribution in [1.82, 2.24) is 0 Å². The molecule has 0 radical (unpaired) electrons. The molecule has 79 heavy (non-hydrogen) atoms. The zero-order valence-electron chi connectivity index (χ0n) is 53.3. The molecule has 2 nitrogen and oxygen atoms in total. The second-order valence-corrected chi connectivity index (χ2v) is 33.7. The first kappa shape index (κ1) is 54.6. The summed E-state index contributed by atoms with van der Waals surface area (Å²) in [6.45, 7) is 54.8. The highest BCUT2D eigenvalue weighted by Crippen LogP contribution is 2.60. The van der Waals surface area contributed by atoms with Gasteiger partial charge in [-0.1, -0.05) is 195 Å². The van der Waals surface area contributed by atoms with Crippen molar-refractivity contribution >= 4 is 57.2 Å². The fourth-order valence-corrected chi connectivity index (χ4v) is 16.3. The Labute approximate surface area is 480 Å². The summed E-state index contributed by atoms with van der Waals surface area (Å²) in [5.41, 5.74) is 30.3. The molecule has 6 aromatic rings. The van der Waals surface area contributed by atoms with Gasteiger partial charge in [-0.3, -0.25) is 0 Å². The monoisotopic (exact) mass is 1050 g/mol. The molecule has 0 N–H and O–H groups in total. The van der Waals surface area contributed by atoms with Crippen LogP contribution < -0.4 is 26.2 Å². The molecule has 2 heterocycles. The minimum atomic E-state index is -0.0387. The standard InChI is InChI=1S/C76H97BN2/c1-67(2,3)47-23-26-49(27-24-47)78-59-30-25-48(68(4,5)6)41-57(59)77-58-44-53-54(72(13,14)34-33-71(53,11)12)45-60(58)79(50-28-29-51-52(42-50)70(9,10)32-31-69(51,7)8)62-40-46(39-61(78)66(62)77)63-64-55(73(15,16)35-37-75(64,19)20)43-56-65(63)76(21,22)38-36-74(56,17)18/h23-30,39-45H,31-38H2,1-22H3. The van der Waals surface area contributed by atoms with E-state index in [-0.39, 0.29) is 60.9 Å². The van der Waals surface area contributed by atoms with E-state index in [1.54, 1.807) is 22.3 Å². The lowest BCUT2D eigenvalue weighted by Crippen LogP contribution is -2.62. The van der Waals surface area contributed by atoms with Crippen LogP contribution in [0, 0.1) is 0 Å². The van der Waals surface area contributed by atoms with Gasteiger partial charge < -0.3 is 9.80 Å². The third-order valence-corrected chi connectivity index (χ3v) is 22.2. The SMILES string of the molecule is CC(C)(C)c1ccc(N2c3ccc(C(C)(C)C)cc3B3c4cc5c(cc4N(c4ccc6c(c4)C(C)(C)CCC6(C)C)c4cc(-c6c7c(cc8c6C(C)(C)CCC8(C)C)C(C)(C)CCC7(C)C)cc2c43)C(C)(C)CCC5(C)C)cc1. The molecule has 12 rings (SSSR count). The molecule has 4 aliphatic carbocycles. The van der Waals surface area contributed by atoms with E-state index < -0.39 is 0 Å². The molecular formula is C76H97BN2. The van der Waals surface area contributed by atoms with Gasteiger partial charge in [0.15, 0.2) is 0 Å². The van der Waals surface area contributed by atoms with Crippen molar-refractivity contribution in [3.05, 3.63) is 147 Å². The molecular weight excluding hydrogens is 952 g/mol. The van der Waals surface area contributed by atoms with Crippen LogP contribution in [0.5, 0.6) is 0 Å². The van der Waals surface area contributed by atoms with E-state index in [1.807, 2.05) is 0 Å². The number of fused-ring (bicyclic) bond motifs is 8. The van der Waals surface area contributed by atoms with E-state index in [2.05, 4.69) is 253 Å². The molecule has 0 amide bonds. The number of nitrogens with zero attached hydrogens (tertiary/aromatic N) is 2. The van der Waals surface area contributed by atoms with E-state index in [9.17, 15) is 0 Å². The lowest BCUT2D eigenvalue weighted by Gasteiger charge is -2.50. The largest absolute Gasteiger partial charge is 0.311 e. The lowest BCUT2D eigenvalue weighted by molar-refractivity contribution is 0.314. The molecule has 3 heteroatoms. The molecule has 0 atom stereocenters. The predicted molar refractivity (Wildman–Crippen MR) is 344 cm³/mol. The molecule has 414 valence electrons. The number of hydrogen-bond acceptors (Lipinski definition) is 2. The second-order valence-electron chi connectivity index (χ2n) is 33.7. The van der Waals surface area contributed by atoms with Gasteiger partial charge in [0, 0.05) is 34.1 Å². The molecule has 2 aliphatic heterocycles. The Morgan fingerprint density at radius 3 is 1.22 bits per heavy atom. The van der Waals surface area contributed by atoms with Gasteiger partial charge in [0.05, 0.1) is 0 Å². The molecule has 0 aromatic heterocycles. The average Bonchev–Trinajstić information content (AvgIpc) is 3.54. The van der Waals surface area contributed by atoms with E-state index >= 15 is 0 Å². The third kappa shape index (κ3) is 8.26.